The number of β-amino-alcohol motifs (C(OH)–C–C–N with tert-alkyl or cyclic N) is 1. The summed E-state index contributed by atoms with van der Waals surface area (Å²) in [6.45, 7) is 5.65. The Morgan fingerprint density at radius 1 is 1.40 bits per heavy atom. The maximum absolute atomic E-state index is 8.98. The molecule has 0 radical (unpaired) electrons. The van der Waals surface area contributed by atoms with Gasteiger partial charge in [0.25, 0.3) is 0 Å². The van der Waals surface area contributed by atoms with Crippen molar-refractivity contribution in [3.8, 4) is 0 Å². The Kier molecular flexibility index (Phi) is 6.22. The van der Waals surface area contributed by atoms with Gasteiger partial charge >= 0.3 is 0 Å². The first-order chi connectivity index (χ1) is 7.30. The van der Waals surface area contributed by atoms with Gasteiger partial charge in [-0.3, -0.25) is 4.90 Å². The topological polar surface area (TPSA) is 35.5 Å². The van der Waals surface area contributed by atoms with Crippen LogP contribution in [-0.4, -0.2) is 49.3 Å². The van der Waals surface area contributed by atoms with Crippen LogP contribution in [0.25, 0.3) is 0 Å². The normalized spacial score (nSPS) is 28.2. The van der Waals surface area contributed by atoms with Gasteiger partial charge in [0.15, 0.2) is 0 Å². The number of likely N-dealkylation sites (tertiary alicyclic amines) is 1. The summed E-state index contributed by atoms with van der Waals surface area (Å²) in [5, 5.41) is 12.4. The number of hydrogen-bond donors (Lipinski definition) is 2. The zero-order chi connectivity index (χ0) is 11.1. The molecule has 0 aromatic carbocycles. The second-order valence-corrected chi connectivity index (χ2v) is 4.71. The van der Waals surface area contributed by atoms with Crippen LogP contribution in [0.15, 0.2) is 0 Å². The van der Waals surface area contributed by atoms with E-state index in [1.165, 1.54) is 32.2 Å². The highest BCUT2D eigenvalue weighted by Gasteiger charge is 2.25. The molecule has 3 heteroatoms. The molecule has 1 fully saturated rings. The van der Waals surface area contributed by atoms with E-state index in [0.29, 0.717) is 6.04 Å². The lowest BCUT2D eigenvalue weighted by molar-refractivity contribution is 0.114. The second-order valence-electron chi connectivity index (χ2n) is 4.71. The molecule has 1 rings (SSSR count). The molecule has 1 saturated heterocycles. The highest BCUT2D eigenvalue weighted by Crippen LogP contribution is 2.21. The highest BCUT2D eigenvalue weighted by molar-refractivity contribution is 4.82. The molecule has 0 aromatic heterocycles. The Labute approximate surface area is 93.9 Å². The molecule has 1 heterocycles. The first-order valence-electron chi connectivity index (χ1n) is 6.30. The van der Waals surface area contributed by atoms with E-state index in [4.69, 9.17) is 5.11 Å². The Hall–Kier alpha value is -0.120. The van der Waals surface area contributed by atoms with Crippen molar-refractivity contribution in [1.82, 2.24) is 10.2 Å². The number of unbranched alkanes of at least 4 members (excludes halogenated alkanes) is 1. The van der Waals surface area contributed by atoms with E-state index >= 15 is 0 Å². The van der Waals surface area contributed by atoms with Gasteiger partial charge < -0.3 is 10.4 Å². The van der Waals surface area contributed by atoms with Gasteiger partial charge in [0, 0.05) is 25.7 Å². The number of rotatable bonds is 6. The summed E-state index contributed by atoms with van der Waals surface area (Å²) < 4.78 is 0. The van der Waals surface area contributed by atoms with Crippen molar-refractivity contribution in [2.24, 2.45) is 5.92 Å². The molecule has 2 atom stereocenters. The number of likely N-dealkylation sites (N-methyl/N-ethyl adjacent to an activating group) is 1. The van der Waals surface area contributed by atoms with Crippen LogP contribution in [0.1, 0.15) is 32.6 Å². The van der Waals surface area contributed by atoms with Crippen LogP contribution in [0.4, 0.5) is 0 Å². The third kappa shape index (κ3) is 4.49. The van der Waals surface area contributed by atoms with Gasteiger partial charge in [-0.25, -0.2) is 0 Å². The van der Waals surface area contributed by atoms with Crippen LogP contribution in [0.5, 0.6) is 0 Å². The lowest BCUT2D eigenvalue weighted by Crippen LogP contribution is -2.48. The Bertz CT molecular complexity index is 164. The van der Waals surface area contributed by atoms with Gasteiger partial charge in [-0.2, -0.15) is 0 Å². The number of piperidine rings is 1. The molecule has 0 bridgehead atoms. The van der Waals surface area contributed by atoms with Crippen LogP contribution in [0.2, 0.25) is 0 Å². The van der Waals surface area contributed by atoms with E-state index in [9.17, 15) is 0 Å². The van der Waals surface area contributed by atoms with Gasteiger partial charge in [0.05, 0.1) is 6.61 Å². The minimum absolute atomic E-state index is 0.289. The van der Waals surface area contributed by atoms with E-state index in [0.717, 1.165) is 19.0 Å². The van der Waals surface area contributed by atoms with Crippen molar-refractivity contribution in [3.63, 3.8) is 0 Å². The first-order valence-corrected chi connectivity index (χ1v) is 6.30. The largest absolute Gasteiger partial charge is 0.395 e. The molecule has 0 saturated carbocycles. The fourth-order valence-corrected chi connectivity index (χ4v) is 2.54. The Balaban J connectivity index is 2.36. The van der Waals surface area contributed by atoms with E-state index < -0.39 is 0 Å². The SMILES string of the molecule is CCCCC1CC(NC)CN(CCO)C1. The molecule has 2 N–H and O–H groups in total. The zero-order valence-electron chi connectivity index (χ0n) is 10.2. The van der Waals surface area contributed by atoms with Crippen molar-refractivity contribution in [2.75, 3.05) is 33.3 Å². The highest BCUT2D eigenvalue weighted by atomic mass is 16.3. The van der Waals surface area contributed by atoms with Crippen molar-refractivity contribution in [2.45, 2.75) is 38.6 Å². The molecule has 0 aliphatic carbocycles. The van der Waals surface area contributed by atoms with Crippen LogP contribution in [0, 0.1) is 5.92 Å². The molecule has 3 nitrogen and oxygen atoms in total. The summed E-state index contributed by atoms with van der Waals surface area (Å²) in [4.78, 5) is 2.39. The monoisotopic (exact) mass is 214 g/mol. The molecule has 2 unspecified atom stereocenters. The summed E-state index contributed by atoms with van der Waals surface area (Å²) in [7, 11) is 2.05. The maximum atomic E-state index is 8.98. The lowest BCUT2D eigenvalue weighted by Gasteiger charge is -2.37. The molecular formula is C12H26N2O. The molecule has 1 aliphatic rings. The molecule has 15 heavy (non-hydrogen) atoms. The van der Waals surface area contributed by atoms with E-state index in [-0.39, 0.29) is 6.61 Å². The van der Waals surface area contributed by atoms with Gasteiger partial charge in [0.2, 0.25) is 0 Å². The molecule has 1 aliphatic heterocycles. The maximum Gasteiger partial charge on any atom is 0.0558 e. The molecule has 0 aromatic rings. The van der Waals surface area contributed by atoms with Gasteiger partial charge in [-0.05, 0) is 25.8 Å². The third-order valence-electron chi connectivity index (χ3n) is 3.40. The summed E-state index contributed by atoms with van der Waals surface area (Å²) in [5.74, 6) is 0.822. The smallest absolute Gasteiger partial charge is 0.0558 e. The predicted molar refractivity (Wildman–Crippen MR) is 64.0 cm³/mol. The molecular weight excluding hydrogens is 188 g/mol. The van der Waals surface area contributed by atoms with Crippen LogP contribution < -0.4 is 5.32 Å². The van der Waals surface area contributed by atoms with Crippen LogP contribution >= 0.6 is 0 Å². The standard InChI is InChI=1S/C12H26N2O/c1-3-4-5-11-8-12(13-2)10-14(9-11)6-7-15/h11-13,15H,3-10H2,1-2H3. The van der Waals surface area contributed by atoms with Crippen molar-refractivity contribution >= 4 is 0 Å². The van der Waals surface area contributed by atoms with Gasteiger partial charge in [-0.15, -0.1) is 0 Å². The van der Waals surface area contributed by atoms with Gasteiger partial charge in [-0.1, -0.05) is 19.8 Å². The van der Waals surface area contributed by atoms with Gasteiger partial charge in [0.1, 0.15) is 0 Å². The van der Waals surface area contributed by atoms with E-state index in [1.807, 2.05) is 7.05 Å². The molecule has 90 valence electrons. The zero-order valence-corrected chi connectivity index (χ0v) is 10.2. The van der Waals surface area contributed by atoms with Crippen molar-refractivity contribution in [1.29, 1.82) is 0 Å². The fraction of sp³-hybridized carbons (Fsp3) is 1.00. The van der Waals surface area contributed by atoms with Crippen LogP contribution in [-0.2, 0) is 0 Å². The fourth-order valence-electron chi connectivity index (χ4n) is 2.54. The average Bonchev–Trinajstić information content (AvgIpc) is 2.26. The minimum Gasteiger partial charge on any atom is -0.395 e. The van der Waals surface area contributed by atoms with E-state index in [2.05, 4.69) is 17.1 Å². The quantitative estimate of drug-likeness (QED) is 0.694. The number of nitrogens with one attached hydrogen (secondary N) is 1. The molecule has 0 amide bonds. The third-order valence-corrected chi connectivity index (χ3v) is 3.40. The number of aliphatic hydroxyl groups excluding tert-OH is 1. The minimum atomic E-state index is 0.289. The summed E-state index contributed by atoms with van der Waals surface area (Å²) >= 11 is 0. The van der Waals surface area contributed by atoms with Crippen molar-refractivity contribution in [3.05, 3.63) is 0 Å². The predicted octanol–water partition coefficient (Wildman–Crippen LogP) is 1.08. The number of nitrogens with zero attached hydrogens (tertiary/aromatic N) is 1. The molecule has 0 spiro atoms. The van der Waals surface area contributed by atoms with Crippen molar-refractivity contribution < 1.29 is 5.11 Å². The van der Waals surface area contributed by atoms with Crippen LogP contribution in [0.3, 0.4) is 0 Å². The summed E-state index contributed by atoms with van der Waals surface area (Å²) in [6, 6.07) is 0.618. The second kappa shape index (κ2) is 7.20. The van der Waals surface area contributed by atoms with E-state index in [1.54, 1.807) is 0 Å². The number of aliphatic hydroxyl groups is 1. The lowest BCUT2D eigenvalue weighted by atomic mass is 9.90. The first kappa shape index (κ1) is 12.9. The Morgan fingerprint density at radius 2 is 2.20 bits per heavy atom. The average molecular weight is 214 g/mol. The summed E-state index contributed by atoms with van der Waals surface area (Å²) in [6.07, 6.45) is 5.28. The summed E-state index contributed by atoms with van der Waals surface area (Å²) in [5.41, 5.74) is 0. The Morgan fingerprint density at radius 3 is 2.80 bits per heavy atom. The number of hydrogen-bond acceptors (Lipinski definition) is 3.